The Hall–Kier alpha value is -3.47. The van der Waals surface area contributed by atoms with Crippen molar-refractivity contribution in [3.05, 3.63) is 75.8 Å². The molecule has 1 aliphatic rings. The van der Waals surface area contributed by atoms with E-state index < -0.39 is 10.0 Å². The van der Waals surface area contributed by atoms with Gasteiger partial charge in [0.1, 0.15) is 39.3 Å². The monoisotopic (exact) mass is 582 g/mol. The molecule has 0 saturated carbocycles. The van der Waals surface area contributed by atoms with E-state index in [1.54, 1.807) is 50.0 Å². The van der Waals surface area contributed by atoms with Crippen LogP contribution in [0, 0.1) is 6.92 Å². The minimum Gasteiger partial charge on any atom is -0.494 e. The molecule has 0 radical (unpaired) electrons. The summed E-state index contributed by atoms with van der Waals surface area (Å²) in [5.41, 5.74) is 4.61. The first-order valence-electron chi connectivity index (χ1n) is 12.9. The van der Waals surface area contributed by atoms with E-state index in [-0.39, 0.29) is 42.2 Å². The number of nitrogens with zero attached hydrogens (tertiary/aromatic N) is 4. The molecule has 210 valence electrons. The van der Waals surface area contributed by atoms with E-state index in [0.717, 1.165) is 22.2 Å². The molecule has 0 N–H and O–H groups in total. The van der Waals surface area contributed by atoms with Gasteiger partial charge in [0.2, 0.25) is 10.0 Å². The Bertz CT molecular complexity index is 1720. The van der Waals surface area contributed by atoms with Crippen LogP contribution in [0.15, 0.2) is 53.4 Å². The zero-order valence-electron chi connectivity index (χ0n) is 23.0. The molecule has 1 aliphatic heterocycles. The van der Waals surface area contributed by atoms with Crippen LogP contribution in [-0.2, 0) is 28.4 Å². The Morgan fingerprint density at radius 2 is 1.95 bits per heavy atom. The Morgan fingerprint density at radius 3 is 2.67 bits per heavy atom. The summed E-state index contributed by atoms with van der Waals surface area (Å²) in [5, 5.41) is 8.79. The smallest absolute Gasteiger partial charge is 0.247 e. The van der Waals surface area contributed by atoms with Gasteiger partial charge < -0.3 is 9.47 Å². The quantitative estimate of drug-likeness (QED) is 0.301. The number of halogens is 1. The number of hydrogen-bond acceptors (Lipinski definition) is 7. The normalized spacial score (nSPS) is 17.6. The summed E-state index contributed by atoms with van der Waals surface area (Å²) in [6, 6.07) is 14.4. The van der Waals surface area contributed by atoms with Gasteiger partial charge in [0.05, 0.1) is 13.7 Å². The number of sulfonamides is 1. The van der Waals surface area contributed by atoms with Crippen molar-refractivity contribution in [3.8, 4) is 11.5 Å². The lowest BCUT2D eigenvalue weighted by Crippen LogP contribution is -2.35. The standard InChI is InChI=1S/C29H31ClN4O5S/c1-17-6-9-28-26(10-17)39-19(3)15-34(40(28,36)37)16-22-12-20(7-8-24(22)30)23(11-18(2)35)21-13-25-29(27(14-21)38-5)33(4)32-31-25/h6-10,12-14,19,23H,11,15-16H2,1-5H3/t19-,23+/m1/s1. The molecule has 2 heterocycles. The number of rotatable bonds is 7. The van der Waals surface area contributed by atoms with Crippen molar-refractivity contribution in [1.29, 1.82) is 0 Å². The van der Waals surface area contributed by atoms with Gasteiger partial charge in [0.25, 0.3) is 0 Å². The van der Waals surface area contributed by atoms with E-state index in [2.05, 4.69) is 10.3 Å². The Labute approximate surface area is 238 Å². The summed E-state index contributed by atoms with van der Waals surface area (Å²) in [7, 11) is -0.487. The van der Waals surface area contributed by atoms with Crippen molar-refractivity contribution < 1.29 is 22.7 Å². The molecule has 0 unspecified atom stereocenters. The summed E-state index contributed by atoms with van der Waals surface area (Å²) in [6.07, 6.45) is -0.133. The maximum Gasteiger partial charge on any atom is 0.247 e. The first-order chi connectivity index (χ1) is 19.0. The minimum absolute atomic E-state index is 0.00711. The summed E-state index contributed by atoms with van der Waals surface area (Å²) < 4.78 is 42.1. The predicted octanol–water partition coefficient (Wildman–Crippen LogP) is 5.02. The van der Waals surface area contributed by atoms with Crippen LogP contribution in [0.25, 0.3) is 11.0 Å². The van der Waals surface area contributed by atoms with Crippen molar-refractivity contribution in [2.75, 3.05) is 13.7 Å². The number of ketones is 1. The molecule has 0 fully saturated rings. The van der Waals surface area contributed by atoms with Gasteiger partial charge in [0, 0.05) is 31.0 Å². The highest BCUT2D eigenvalue weighted by Crippen LogP contribution is 2.37. The van der Waals surface area contributed by atoms with Crippen LogP contribution in [0.1, 0.15) is 48.4 Å². The number of carbonyl (C=O) groups is 1. The lowest BCUT2D eigenvalue weighted by Gasteiger charge is -2.23. The predicted molar refractivity (Wildman–Crippen MR) is 153 cm³/mol. The number of Topliss-reactive ketones (excluding diaryl/α,β-unsaturated/α-hetero) is 1. The number of carbonyl (C=O) groups excluding carboxylic acids is 1. The number of aromatic nitrogens is 3. The summed E-state index contributed by atoms with van der Waals surface area (Å²) in [4.78, 5) is 12.5. The van der Waals surface area contributed by atoms with Crippen molar-refractivity contribution >= 4 is 38.4 Å². The van der Waals surface area contributed by atoms with Gasteiger partial charge >= 0.3 is 0 Å². The van der Waals surface area contributed by atoms with Crippen LogP contribution in [-0.4, -0.2) is 53.3 Å². The van der Waals surface area contributed by atoms with Gasteiger partial charge in [0.15, 0.2) is 0 Å². The third-order valence-electron chi connectivity index (χ3n) is 7.13. The average molecular weight is 583 g/mol. The Morgan fingerprint density at radius 1 is 1.18 bits per heavy atom. The molecule has 2 atom stereocenters. The highest BCUT2D eigenvalue weighted by molar-refractivity contribution is 7.89. The maximum absolute atomic E-state index is 13.7. The number of methoxy groups -OCH3 is 1. The molecule has 1 aromatic heterocycles. The van der Waals surface area contributed by atoms with Crippen molar-refractivity contribution in [3.63, 3.8) is 0 Å². The summed E-state index contributed by atoms with van der Waals surface area (Å²) >= 11 is 6.63. The van der Waals surface area contributed by atoms with Crippen LogP contribution in [0.2, 0.25) is 5.02 Å². The fourth-order valence-corrected chi connectivity index (χ4v) is 6.99. The molecular formula is C29H31ClN4O5S. The zero-order valence-corrected chi connectivity index (χ0v) is 24.6. The number of ether oxygens (including phenoxy) is 2. The lowest BCUT2D eigenvalue weighted by molar-refractivity contribution is -0.117. The molecule has 40 heavy (non-hydrogen) atoms. The van der Waals surface area contributed by atoms with Crippen LogP contribution < -0.4 is 9.47 Å². The van der Waals surface area contributed by atoms with Gasteiger partial charge in [-0.15, -0.1) is 5.10 Å². The Kier molecular flexibility index (Phi) is 7.60. The van der Waals surface area contributed by atoms with Gasteiger partial charge in [-0.3, -0.25) is 4.79 Å². The highest BCUT2D eigenvalue weighted by atomic mass is 35.5. The summed E-state index contributed by atoms with van der Waals surface area (Å²) in [6.45, 7) is 5.50. The molecule has 3 aromatic carbocycles. The zero-order chi connectivity index (χ0) is 28.8. The van der Waals surface area contributed by atoms with Crippen LogP contribution >= 0.6 is 11.6 Å². The van der Waals surface area contributed by atoms with E-state index >= 15 is 0 Å². The highest BCUT2D eigenvalue weighted by Gasteiger charge is 2.34. The van der Waals surface area contributed by atoms with Crippen LogP contribution in [0.5, 0.6) is 11.5 Å². The molecule has 11 heteroatoms. The largest absolute Gasteiger partial charge is 0.494 e. The van der Waals surface area contributed by atoms with E-state index in [9.17, 15) is 13.2 Å². The molecule has 5 rings (SSSR count). The number of hydrogen-bond donors (Lipinski definition) is 0. The molecule has 4 aromatic rings. The Balaban J connectivity index is 1.56. The van der Waals surface area contributed by atoms with Gasteiger partial charge in [-0.05, 0) is 73.4 Å². The van der Waals surface area contributed by atoms with E-state index in [4.69, 9.17) is 21.1 Å². The van der Waals surface area contributed by atoms with Crippen molar-refractivity contribution in [2.24, 2.45) is 7.05 Å². The molecule has 0 spiro atoms. The summed E-state index contributed by atoms with van der Waals surface area (Å²) in [5.74, 6) is 0.624. The van der Waals surface area contributed by atoms with Gasteiger partial charge in [-0.2, -0.15) is 4.31 Å². The molecule has 9 nitrogen and oxygen atoms in total. The molecule has 0 amide bonds. The second-order valence-corrected chi connectivity index (χ2v) is 12.6. The van der Waals surface area contributed by atoms with E-state index in [1.165, 1.54) is 4.31 Å². The van der Waals surface area contributed by atoms with Crippen molar-refractivity contribution in [1.82, 2.24) is 19.3 Å². The number of fused-ring (bicyclic) bond motifs is 2. The van der Waals surface area contributed by atoms with Gasteiger partial charge in [-0.1, -0.05) is 35.0 Å². The molecule has 0 saturated heterocycles. The van der Waals surface area contributed by atoms with Gasteiger partial charge in [-0.25, -0.2) is 13.1 Å². The fraction of sp³-hybridized carbons (Fsp3) is 0.345. The second kappa shape index (κ2) is 10.8. The molecule has 0 bridgehead atoms. The minimum atomic E-state index is -3.86. The topological polar surface area (TPSA) is 104 Å². The van der Waals surface area contributed by atoms with Crippen molar-refractivity contribution in [2.45, 2.75) is 50.7 Å². The lowest BCUT2D eigenvalue weighted by atomic mass is 9.86. The van der Waals surface area contributed by atoms with Crippen LogP contribution in [0.3, 0.4) is 0 Å². The average Bonchev–Trinajstić information content (AvgIpc) is 3.24. The maximum atomic E-state index is 13.7. The molecule has 0 aliphatic carbocycles. The SMILES string of the molecule is COc1cc([C@@H](CC(C)=O)c2ccc(Cl)c(CN3C[C@@H](C)Oc4cc(C)ccc4S3(=O)=O)c2)cc2nnn(C)c12. The first-order valence-corrected chi connectivity index (χ1v) is 14.7. The first kappa shape index (κ1) is 28.1. The second-order valence-electron chi connectivity index (χ2n) is 10.3. The molecular weight excluding hydrogens is 552 g/mol. The van der Waals surface area contributed by atoms with E-state index in [0.29, 0.717) is 27.6 Å². The van der Waals surface area contributed by atoms with E-state index in [1.807, 2.05) is 38.1 Å². The number of benzene rings is 3. The third kappa shape index (κ3) is 5.31. The van der Waals surface area contributed by atoms with Crippen LogP contribution in [0.4, 0.5) is 0 Å². The fourth-order valence-electron chi connectivity index (χ4n) is 5.22. The number of aryl methyl sites for hydroxylation is 2. The third-order valence-corrected chi connectivity index (χ3v) is 9.35.